The number of halogens is 1. The van der Waals surface area contributed by atoms with Crippen LogP contribution in [0.3, 0.4) is 0 Å². The van der Waals surface area contributed by atoms with Crippen LogP contribution < -0.4 is 15.0 Å². The Morgan fingerprint density at radius 3 is 2.88 bits per heavy atom. The maximum atomic E-state index is 13.6. The van der Waals surface area contributed by atoms with Gasteiger partial charge in [0.1, 0.15) is 12.4 Å². The number of amides is 2. The number of rotatable bonds is 8. The van der Waals surface area contributed by atoms with Crippen LogP contribution in [0, 0.1) is 5.82 Å². The van der Waals surface area contributed by atoms with Gasteiger partial charge in [0.25, 0.3) is 5.91 Å². The van der Waals surface area contributed by atoms with E-state index >= 15 is 0 Å². The number of benzene rings is 2. The minimum atomic E-state index is -0.433. The summed E-state index contributed by atoms with van der Waals surface area (Å²) in [4.78, 5) is 29.8. The predicted octanol–water partition coefficient (Wildman–Crippen LogP) is 4.36. The SMILES string of the molecule is CC[C@@H]1CCCCN1CCCNC(=O)CN1C(=O)/C(=C\c2cccc(F)c2)Oc2ccccc21. The summed E-state index contributed by atoms with van der Waals surface area (Å²) in [6, 6.07) is 13.7. The average molecular weight is 466 g/mol. The van der Waals surface area contributed by atoms with Crippen molar-refractivity contribution in [3.8, 4) is 5.75 Å². The topological polar surface area (TPSA) is 61.9 Å². The molecule has 2 aromatic carbocycles. The third-order valence-corrected chi connectivity index (χ3v) is 6.44. The number of para-hydroxylation sites is 2. The molecule has 180 valence electrons. The number of nitrogens with zero attached hydrogens (tertiary/aromatic N) is 2. The lowest BCUT2D eigenvalue weighted by Gasteiger charge is -2.35. The number of anilines is 1. The fourth-order valence-electron chi connectivity index (χ4n) is 4.69. The summed E-state index contributed by atoms with van der Waals surface area (Å²) in [6.07, 6.45) is 7.34. The molecule has 0 saturated carbocycles. The van der Waals surface area contributed by atoms with Gasteiger partial charge >= 0.3 is 0 Å². The molecule has 1 atom stereocenters. The van der Waals surface area contributed by atoms with Crippen LogP contribution in [0.5, 0.6) is 5.75 Å². The molecule has 2 amide bonds. The van der Waals surface area contributed by atoms with Crippen LogP contribution in [0.25, 0.3) is 6.08 Å². The third-order valence-electron chi connectivity index (χ3n) is 6.44. The van der Waals surface area contributed by atoms with Crippen LogP contribution in [0.4, 0.5) is 10.1 Å². The normalized spacial score (nSPS) is 19.6. The summed E-state index contributed by atoms with van der Waals surface area (Å²) in [5.74, 6) is -0.525. The monoisotopic (exact) mass is 465 g/mol. The van der Waals surface area contributed by atoms with E-state index in [1.54, 1.807) is 36.4 Å². The molecule has 0 radical (unpaired) electrons. The summed E-state index contributed by atoms with van der Waals surface area (Å²) in [5.41, 5.74) is 1.05. The second kappa shape index (κ2) is 11.3. The molecule has 7 heteroatoms. The van der Waals surface area contributed by atoms with E-state index in [2.05, 4.69) is 17.1 Å². The number of piperidine rings is 1. The highest BCUT2D eigenvalue weighted by Gasteiger charge is 2.31. The lowest BCUT2D eigenvalue weighted by molar-refractivity contribution is -0.123. The van der Waals surface area contributed by atoms with Gasteiger partial charge in [-0.3, -0.25) is 14.5 Å². The van der Waals surface area contributed by atoms with E-state index in [4.69, 9.17) is 4.74 Å². The zero-order chi connectivity index (χ0) is 23.9. The standard InChI is InChI=1S/C27H32FN3O3/c1-2-22-11-5-6-15-30(22)16-8-14-29-26(32)19-31-23-12-3-4-13-24(23)34-25(27(31)33)18-20-9-7-10-21(28)17-20/h3-4,7,9-10,12-13,17-18,22H,2,5-6,8,11,14-16,19H2,1H3,(H,29,32)/b25-18+/t22-/m1/s1. The molecule has 1 saturated heterocycles. The Morgan fingerprint density at radius 2 is 2.06 bits per heavy atom. The molecular formula is C27H32FN3O3. The molecule has 2 aliphatic heterocycles. The van der Waals surface area contributed by atoms with Crippen molar-refractivity contribution >= 4 is 23.6 Å². The molecule has 2 aromatic rings. The molecule has 2 aliphatic rings. The Hall–Kier alpha value is -3.19. The van der Waals surface area contributed by atoms with Gasteiger partial charge in [0.2, 0.25) is 5.91 Å². The summed E-state index contributed by atoms with van der Waals surface area (Å²) >= 11 is 0. The van der Waals surface area contributed by atoms with Gasteiger partial charge in [-0.05, 0) is 68.1 Å². The zero-order valence-corrected chi connectivity index (χ0v) is 19.6. The minimum Gasteiger partial charge on any atom is -0.449 e. The zero-order valence-electron chi connectivity index (χ0n) is 19.6. The van der Waals surface area contributed by atoms with Crippen molar-refractivity contribution in [1.29, 1.82) is 0 Å². The first-order valence-corrected chi connectivity index (χ1v) is 12.1. The van der Waals surface area contributed by atoms with E-state index in [0.29, 0.717) is 29.6 Å². The number of carbonyl (C=O) groups excluding carboxylic acids is 2. The molecule has 0 spiro atoms. The van der Waals surface area contributed by atoms with Gasteiger partial charge in [-0.1, -0.05) is 37.6 Å². The Labute approximate surface area is 200 Å². The van der Waals surface area contributed by atoms with Crippen LogP contribution >= 0.6 is 0 Å². The quantitative estimate of drug-likeness (QED) is 0.465. The first-order chi connectivity index (χ1) is 16.5. The number of hydrogen-bond acceptors (Lipinski definition) is 4. The van der Waals surface area contributed by atoms with Crippen molar-refractivity contribution in [2.45, 2.75) is 45.1 Å². The summed E-state index contributed by atoms with van der Waals surface area (Å²) in [7, 11) is 0. The molecule has 1 fully saturated rings. The molecule has 0 aliphatic carbocycles. The van der Waals surface area contributed by atoms with Crippen molar-refractivity contribution in [3.63, 3.8) is 0 Å². The maximum absolute atomic E-state index is 13.6. The highest BCUT2D eigenvalue weighted by Crippen LogP contribution is 2.35. The van der Waals surface area contributed by atoms with Crippen LogP contribution in [0.2, 0.25) is 0 Å². The van der Waals surface area contributed by atoms with Crippen LogP contribution in [-0.2, 0) is 9.59 Å². The Kier molecular flexibility index (Phi) is 7.95. The van der Waals surface area contributed by atoms with Crippen LogP contribution in [-0.4, -0.2) is 48.9 Å². The van der Waals surface area contributed by atoms with Crippen LogP contribution in [0.15, 0.2) is 54.3 Å². The van der Waals surface area contributed by atoms with Crippen molar-refractivity contribution in [2.75, 3.05) is 31.1 Å². The van der Waals surface area contributed by atoms with E-state index in [1.807, 2.05) is 0 Å². The molecule has 4 rings (SSSR count). The van der Waals surface area contributed by atoms with Crippen LogP contribution in [0.1, 0.15) is 44.6 Å². The van der Waals surface area contributed by atoms with Gasteiger partial charge in [0.15, 0.2) is 11.5 Å². The molecule has 6 nitrogen and oxygen atoms in total. The van der Waals surface area contributed by atoms with Crippen molar-refractivity contribution in [3.05, 3.63) is 65.7 Å². The maximum Gasteiger partial charge on any atom is 0.294 e. The summed E-state index contributed by atoms with van der Waals surface area (Å²) < 4.78 is 19.4. The first-order valence-electron chi connectivity index (χ1n) is 12.1. The van der Waals surface area contributed by atoms with E-state index in [0.717, 1.165) is 25.9 Å². The molecule has 0 bridgehead atoms. The molecular weight excluding hydrogens is 433 g/mol. The predicted molar refractivity (Wildman–Crippen MR) is 131 cm³/mol. The second-order valence-corrected chi connectivity index (χ2v) is 8.82. The lowest BCUT2D eigenvalue weighted by Crippen LogP contribution is -2.45. The van der Waals surface area contributed by atoms with Crippen molar-refractivity contribution < 1.29 is 18.7 Å². The van der Waals surface area contributed by atoms with E-state index in [9.17, 15) is 14.0 Å². The Bertz CT molecular complexity index is 1050. The smallest absolute Gasteiger partial charge is 0.294 e. The molecule has 34 heavy (non-hydrogen) atoms. The summed E-state index contributed by atoms with van der Waals surface area (Å²) in [6.45, 7) is 4.79. The molecule has 1 N–H and O–H groups in total. The van der Waals surface area contributed by atoms with E-state index in [1.165, 1.54) is 42.4 Å². The largest absolute Gasteiger partial charge is 0.449 e. The number of carbonyl (C=O) groups is 2. The van der Waals surface area contributed by atoms with Gasteiger partial charge in [-0.15, -0.1) is 0 Å². The van der Waals surface area contributed by atoms with Crippen molar-refractivity contribution in [1.82, 2.24) is 10.2 Å². The van der Waals surface area contributed by atoms with Gasteiger partial charge in [0, 0.05) is 19.1 Å². The van der Waals surface area contributed by atoms with Gasteiger partial charge in [0.05, 0.1) is 5.69 Å². The highest BCUT2D eigenvalue weighted by atomic mass is 19.1. The second-order valence-electron chi connectivity index (χ2n) is 8.82. The lowest BCUT2D eigenvalue weighted by atomic mass is 10.00. The number of ether oxygens (including phenoxy) is 1. The van der Waals surface area contributed by atoms with E-state index in [-0.39, 0.29) is 18.2 Å². The number of hydrogen-bond donors (Lipinski definition) is 1. The third kappa shape index (κ3) is 5.83. The Morgan fingerprint density at radius 1 is 1.21 bits per heavy atom. The number of fused-ring (bicyclic) bond motifs is 1. The van der Waals surface area contributed by atoms with Gasteiger partial charge in [-0.2, -0.15) is 0 Å². The Balaban J connectivity index is 1.38. The summed E-state index contributed by atoms with van der Waals surface area (Å²) in [5, 5.41) is 2.96. The average Bonchev–Trinajstić information content (AvgIpc) is 2.84. The fourth-order valence-corrected chi connectivity index (χ4v) is 4.69. The van der Waals surface area contributed by atoms with E-state index < -0.39 is 11.7 Å². The minimum absolute atomic E-state index is 0.0489. The first kappa shape index (κ1) is 24.0. The highest BCUT2D eigenvalue weighted by molar-refractivity contribution is 6.12. The van der Waals surface area contributed by atoms with Crippen molar-refractivity contribution in [2.24, 2.45) is 0 Å². The molecule has 0 unspecified atom stereocenters. The molecule has 2 heterocycles. The van der Waals surface area contributed by atoms with Gasteiger partial charge in [-0.25, -0.2) is 4.39 Å². The number of nitrogens with one attached hydrogen (secondary N) is 1. The molecule has 0 aromatic heterocycles. The van der Waals surface area contributed by atoms with Gasteiger partial charge < -0.3 is 15.0 Å². The number of likely N-dealkylation sites (tertiary alicyclic amines) is 1. The fraction of sp³-hybridized carbons (Fsp3) is 0.407.